The fourth-order valence-electron chi connectivity index (χ4n) is 2.72. The highest BCUT2D eigenvalue weighted by Crippen LogP contribution is 2.25. The molecule has 6 nitrogen and oxygen atoms in total. The van der Waals surface area contributed by atoms with E-state index in [0.29, 0.717) is 17.0 Å². The SMILES string of the molecule is COc1ccc2ccc(OCC(=O)Nc3ccc(C(=O)N(C)C)cc3)cc2c1. The molecule has 0 aliphatic carbocycles. The maximum absolute atomic E-state index is 12.1. The molecule has 0 bridgehead atoms. The lowest BCUT2D eigenvalue weighted by atomic mass is 10.1. The highest BCUT2D eigenvalue weighted by Gasteiger charge is 2.09. The van der Waals surface area contributed by atoms with E-state index in [-0.39, 0.29) is 18.4 Å². The summed E-state index contributed by atoms with van der Waals surface area (Å²) in [7, 11) is 5.01. The number of methoxy groups -OCH3 is 1. The van der Waals surface area contributed by atoms with Crippen LogP contribution in [0.5, 0.6) is 11.5 Å². The number of carbonyl (C=O) groups excluding carboxylic acids is 2. The quantitative estimate of drug-likeness (QED) is 0.712. The van der Waals surface area contributed by atoms with E-state index in [2.05, 4.69) is 5.32 Å². The van der Waals surface area contributed by atoms with E-state index < -0.39 is 0 Å². The van der Waals surface area contributed by atoms with Crippen molar-refractivity contribution in [3.05, 3.63) is 66.2 Å². The second kappa shape index (κ2) is 8.43. The van der Waals surface area contributed by atoms with Crippen LogP contribution in [0, 0.1) is 0 Å². The summed E-state index contributed by atoms with van der Waals surface area (Å²) < 4.78 is 10.8. The summed E-state index contributed by atoms with van der Waals surface area (Å²) in [5, 5.41) is 4.79. The number of nitrogens with zero attached hydrogens (tertiary/aromatic N) is 1. The monoisotopic (exact) mass is 378 g/mol. The molecule has 1 N–H and O–H groups in total. The van der Waals surface area contributed by atoms with Crippen LogP contribution in [-0.2, 0) is 4.79 Å². The van der Waals surface area contributed by atoms with Gasteiger partial charge in [0.25, 0.3) is 11.8 Å². The van der Waals surface area contributed by atoms with Crippen molar-refractivity contribution in [1.82, 2.24) is 4.90 Å². The molecule has 3 aromatic carbocycles. The predicted molar refractivity (Wildman–Crippen MR) is 109 cm³/mol. The van der Waals surface area contributed by atoms with Crippen LogP contribution >= 0.6 is 0 Å². The molecule has 0 saturated heterocycles. The van der Waals surface area contributed by atoms with Gasteiger partial charge < -0.3 is 19.7 Å². The normalized spacial score (nSPS) is 10.4. The minimum atomic E-state index is -0.280. The molecular formula is C22H22N2O4. The molecular weight excluding hydrogens is 356 g/mol. The summed E-state index contributed by atoms with van der Waals surface area (Å²) in [6.07, 6.45) is 0. The van der Waals surface area contributed by atoms with Gasteiger partial charge in [-0.15, -0.1) is 0 Å². The zero-order chi connectivity index (χ0) is 20.1. The van der Waals surface area contributed by atoms with E-state index in [9.17, 15) is 9.59 Å². The molecule has 2 amide bonds. The Hall–Kier alpha value is -3.54. The standard InChI is InChI=1S/C22H22N2O4/c1-24(2)22(26)16-4-8-18(9-5-16)23-21(25)14-28-20-11-7-15-6-10-19(27-3)12-17(15)13-20/h4-13H,14H2,1-3H3,(H,23,25). The maximum atomic E-state index is 12.1. The molecule has 3 aromatic rings. The lowest BCUT2D eigenvalue weighted by Crippen LogP contribution is -2.22. The van der Waals surface area contributed by atoms with E-state index >= 15 is 0 Å². The summed E-state index contributed by atoms with van der Waals surface area (Å²) in [5.74, 6) is 0.994. The molecule has 0 radical (unpaired) electrons. The molecule has 28 heavy (non-hydrogen) atoms. The summed E-state index contributed by atoms with van der Waals surface area (Å²) in [6.45, 7) is -0.117. The molecule has 6 heteroatoms. The van der Waals surface area contributed by atoms with Crippen LogP contribution in [0.1, 0.15) is 10.4 Å². The fourth-order valence-corrected chi connectivity index (χ4v) is 2.72. The van der Waals surface area contributed by atoms with Gasteiger partial charge in [-0.25, -0.2) is 0 Å². The Morgan fingerprint density at radius 1 is 0.893 bits per heavy atom. The Kier molecular flexibility index (Phi) is 5.79. The van der Waals surface area contributed by atoms with Gasteiger partial charge in [0, 0.05) is 25.3 Å². The van der Waals surface area contributed by atoms with E-state index in [1.807, 2.05) is 36.4 Å². The van der Waals surface area contributed by atoms with Crippen molar-refractivity contribution < 1.29 is 19.1 Å². The highest BCUT2D eigenvalue weighted by molar-refractivity contribution is 5.96. The van der Waals surface area contributed by atoms with Gasteiger partial charge in [-0.2, -0.15) is 0 Å². The number of ether oxygens (including phenoxy) is 2. The third-order valence-corrected chi connectivity index (χ3v) is 4.21. The van der Waals surface area contributed by atoms with Crippen LogP contribution in [0.15, 0.2) is 60.7 Å². The van der Waals surface area contributed by atoms with Crippen molar-refractivity contribution in [2.45, 2.75) is 0 Å². The van der Waals surface area contributed by atoms with Crippen LogP contribution in [0.3, 0.4) is 0 Å². The first-order valence-corrected chi connectivity index (χ1v) is 8.78. The van der Waals surface area contributed by atoms with Gasteiger partial charge in [0.15, 0.2) is 6.61 Å². The predicted octanol–water partition coefficient (Wildman–Crippen LogP) is 3.57. The van der Waals surface area contributed by atoms with Gasteiger partial charge in [-0.3, -0.25) is 9.59 Å². The summed E-state index contributed by atoms with van der Waals surface area (Å²) in [4.78, 5) is 25.5. The van der Waals surface area contributed by atoms with Crippen LogP contribution in [0.25, 0.3) is 10.8 Å². The average molecular weight is 378 g/mol. The maximum Gasteiger partial charge on any atom is 0.262 e. The third kappa shape index (κ3) is 4.59. The molecule has 144 valence electrons. The average Bonchev–Trinajstić information content (AvgIpc) is 2.71. The van der Waals surface area contributed by atoms with E-state index in [1.54, 1.807) is 45.5 Å². The summed E-state index contributed by atoms with van der Waals surface area (Å²) in [5.41, 5.74) is 1.16. The lowest BCUT2D eigenvalue weighted by molar-refractivity contribution is -0.118. The van der Waals surface area contributed by atoms with Gasteiger partial charge in [0.1, 0.15) is 11.5 Å². The number of nitrogens with one attached hydrogen (secondary N) is 1. The summed E-state index contributed by atoms with van der Waals surface area (Å²) >= 11 is 0. The Balaban J connectivity index is 1.59. The highest BCUT2D eigenvalue weighted by atomic mass is 16.5. The number of hydrogen-bond acceptors (Lipinski definition) is 4. The number of benzene rings is 3. The molecule has 0 aliphatic rings. The minimum absolute atomic E-state index is 0.0888. The van der Waals surface area contributed by atoms with Gasteiger partial charge in [-0.05, 0) is 59.3 Å². The molecule has 0 heterocycles. The number of anilines is 1. The molecule has 0 saturated carbocycles. The molecule has 0 fully saturated rings. The third-order valence-electron chi connectivity index (χ3n) is 4.21. The van der Waals surface area contributed by atoms with E-state index in [1.165, 1.54) is 4.90 Å². The Labute approximate surface area is 163 Å². The number of carbonyl (C=O) groups is 2. The number of fused-ring (bicyclic) bond motifs is 1. The first-order valence-electron chi connectivity index (χ1n) is 8.78. The van der Waals surface area contributed by atoms with Crippen molar-refractivity contribution in [3.8, 4) is 11.5 Å². The van der Waals surface area contributed by atoms with Crippen LogP contribution < -0.4 is 14.8 Å². The first kappa shape index (κ1) is 19.2. The minimum Gasteiger partial charge on any atom is -0.497 e. The lowest BCUT2D eigenvalue weighted by Gasteiger charge is -2.11. The molecule has 0 atom stereocenters. The van der Waals surface area contributed by atoms with Crippen LogP contribution in [0.4, 0.5) is 5.69 Å². The van der Waals surface area contributed by atoms with E-state index in [0.717, 1.165) is 16.5 Å². The van der Waals surface area contributed by atoms with Crippen LogP contribution in [-0.4, -0.2) is 44.5 Å². The Morgan fingerprint density at radius 2 is 1.54 bits per heavy atom. The zero-order valence-corrected chi connectivity index (χ0v) is 16.1. The zero-order valence-electron chi connectivity index (χ0n) is 16.1. The van der Waals surface area contributed by atoms with Crippen molar-refractivity contribution in [2.24, 2.45) is 0 Å². The fraction of sp³-hybridized carbons (Fsp3) is 0.182. The van der Waals surface area contributed by atoms with Gasteiger partial charge in [-0.1, -0.05) is 12.1 Å². The second-order valence-corrected chi connectivity index (χ2v) is 6.49. The van der Waals surface area contributed by atoms with Crippen molar-refractivity contribution >= 4 is 28.3 Å². The molecule has 0 aromatic heterocycles. The smallest absolute Gasteiger partial charge is 0.262 e. The second-order valence-electron chi connectivity index (χ2n) is 6.49. The largest absolute Gasteiger partial charge is 0.497 e. The number of rotatable bonds is 6. The number of amides is 2. The number of hydrogen-bond donors (Lipinski definition) is 1. The van der Waals surface area contributed by atoms with Gasteiger partial charge >= 0.3 is 0 Å². The first-order chi connectivity index (χ1) is 13.5. The Morgan fingerprint density at radius 3 is 2.18 bits per heavy atom. The molecule has 0 unspecified atom stereocenters. The molecule has 0 aliphatic heterocycles. The Bertz CT molecular complexity index is 997. The molecule has 0 spiro atoms. The van der Waals surface area contributed by atoms with E-state index in [4.69, 9.17) is 9.47 Å². The van der Waals surface area contributed by atoms with Crippen molar-refractivity contribution in [3.63, 3.8) is 0 Å². The van der Waals surface area contributed by atoms with Crippen LogP contribution in [0.2, 0.25) is 0 Å². The van der Waals surface area contributed by atoms with Crippen molar-refractivity contribution in [2.75, 3.05) is 33.1 Å². The molecule has 3 rings (SSSR count). The van der Waals surface area contributed by atoms with Gasteiger partial charge in [0.05, 0.1) is 7.11 Å². The topological polar surface area (TPSA) is 67.9 Å². The van der Waals surface area contributed by atoms with Crippen molar-refractivity contribution in [1.29, 1.82) is 0 Å². The summed E-state index contributed by atoms with van der Waals surface area (Å²) in [6, 6.07) is 18.1. The van der Waals surface area contributed by atoms with Gasteiger partial charge in [0.2, 0.25) is 0 Å².